The van der Waals surface area contributed by atoms with Crippen LogP contribution in [-0.2, 0) is 4.79 Å². The number of thioether (sulfide) groups is 1. The number of aromatic carboxylic acids is 1. The van der Waals surface area contributed by atoms with Gasteiger partial charge in [0, 0.05) is 6.54 Å². The first kappa shape index (κ1) is 12.6. The van der Waals surface area contributed by atoms with E-state index in [0.29, 0.717) is 11.6 Å². The molecule has 0 spiro atoms. The van der Waals surface area contributed by atoms with Gasteiger partial charge < -0.3 is 14.8 Å². The molecule has 0 aromatic carbocycles. The molecule has 0 saturated heterocycles. The molecule has 16 heavy (non-hydrogen) atoms. The van der Waals surface area contributed by atoms with E-state index in [4.69, 9.17) is 9.52 Å². The highest BCUT2D eigenvalue weighted by Crippen LogP contribution is 2.20. The Balaban J connectivity index is 2.36. The molecule has 0 fully saturated rings. The van der Waals surface area contributed by atoms with Crippen LogP contribution in [0.3, 0.4) is 0 Å². The van der Waals surface area contributed by atoms with Crippen LogP contribution in [0, 0.1) is 0 Å². The summed E-state index contributed by atoms with van der Waals surface area (Å²) >= 11 is 1.18. The first-order valence-electron chi connectivity index (χ1n) is 4.86. The Morgan fingerprint density at radius 1 is 1.50 bits per heavy atom. The van der Waals surface area contributed by atoms with Crippen molar-refractivity contribution < 1.29 is 19.1 Å². The van der Waals surface area contributed by atoms with Crippen LogP contribution in [-0.4, -0.2) is 29.3 Å². The van der Waals surface area contributed by atoms with Crippen LogP contribution < -0.4 is 5.32 Å². The van der Waals surface area contributed by atoms with Gasteiger partial charge in [-0.2, -0.15) is 0 Å². The molecule has 0 aliphatic rings. The second kappa shape index (κ2) is 6.22. The number of carboxylic acid groups (broad SMARTS) is 1. The topological polar surface area (TPSA) is 79.5 Å². The van der Waals surface area contributed by atoms with E-state index in [-0.39, 0.29) is 17.4 Å². The van der Waals surface area contributed by atoms with Gasteiger partial charge in [0.05, 0.1) is 5.75 Å². The zero-order valence-electron chi connectivity index (χ0n) is 8.86. The number of hydrogen-bond acceptors (Lipinski definition) is 4. The van der Waals surface area contributed by atoms with Gasteiger partial charge in [-0.1, -0.05) is 18.7 Å². The lowest BCUT2D eigenvalue weighted by Crippen LogP contribution is -2.25. The second-order valence-corrected chi connectivity index (χ2v) is 4.04. The van der Waals surface area contributed by atoms with E-state index in [0.717, 1.165) is 6.42 Å². The summed E-state index contributed by atoms with van der Waals surface area (Å²) < 4.78 is 4.98. The molecule has 0 unspecified atom stereocenters. The van der Waals surface area contributed by atoms with E-state index in [9.17, 15) is 9.59 Å². The van der Waals surface area contributed by atoms with E-state index in [1.807, 2.05) is 6.92 Å². The highest BCUT2D eigenvalue weighted by molar-refractivity contribution is 7.99. The van der Waals surface area contributed by atoms with Crippen LogP contribution in [0.2, 0.25) is 0 Å². The number of carbonyl (C=O) groups excluding carboxylic acids is 1. The molecule has 1 aromatic heterocycles. The molecular formula is C10H13NO4S. The number of carboxylic acids is 1. The Bertz CT molecular complexity index is 375. The van der Waals surface area contributed by atoms with Gasteiger partial charge in [-0.25, -0.2) is 4.79 Å². The highest BCUT2D eigenvalue weighted by atomic mass is 32.2. The Morgan fingerprint density at radius 3 is 2.81 bits per heavy atom. The summed E-state index contributed by atoms with van der Waals surface area (Å²) in [6, 6.07) is 2.91. The molecule has 0 saturated carbocycles. The molecule has 2 N–H and O–H groups in total. The van der Waals surface area contributed by atoms with E-state index in [1.54, 1.807) is 6.07 Å². The number of rotatable bonds is 6. The molecule has 1 rings (SSSR count). The van der Waals surface area contributed by atoms with Crippen LogP contribution in [0.25, 0.3) is 0 Å². The van der Waals surface area contributed by atoms with Crippen molar-refractivity contribution in [1.29, 1.82) is 0 Å². The fourth-order valence-electron chi connectivity index (χ4n) is 0.965. The summed E-state index contributed by atoms with van der Waals surface area (Å²) in [5, 5.41) is 11.8. The van der Waals surface area contributed by atoms with Crippen molar-refractivity contribution in [2.45, 2.75) is 18.4 Å². The summed E-state index contributed by atoms with van der Waals surface area (Å²) in [4.78, 5) is 21.7. The lowest BCUT2D eigenvalue weighted by molar-refractivity contribution is -0.118. The summed E-state index contributed by atoms with van der Waals surface area (Å²) in [5.74, 6) is -1.08. The predicted octanol–water partition coefficient (Wildman–Crippen LogP) is 1.60. The van der Waals surface area contributed by atoms with Gasteiger partial charge in [0.1, 0.15) is 0 Å². The predicted molar refractivity (Wildman–Crippen MR) is 59.7 cm³/mol. The molecule has 88 valence electrons. The van der Waals surface area contributed by atoms with Crippen molar-refractivity contribution in [3.63, 3.8) is 0 Å². The smallest absolute Gasteiger partial charge is 0.371 e. The number of amides is 1. The summed E-state index contributed by atoms with van der Waals surface area (Å²) in [6.45, 7) is 2.62. The van der Waals surface area contributed by atoms with E-state index >= 15 is 0 Å². The van der Waals surface area contributed by atoms with Crippen molar-refractivity contribution in [2.75, 3.05) is 12.3 Å². The number of carbonyl (C=O) groups is 2. The normalized spacial score (nSPS) is 10.1. The minimum Gasteiger partial charge on any atom is -0.475 e. The molecule has 0 bridgehead atoms. The number of nitrogens with one attached hydrogen (secondary N) is 1. The number of furan rings is 1. The molecule has 0 radical (unpaired) electrons. The van der Waals surface area contributed by atoms with E-state index in [1.165, 1.54) is 17.8 Å². The standard InChI is InChI=1S/C10H13NO4S/c1-2-5-11-8(12)6-16-9-4-3-7(15-9)10(13)14/h3-4H,2,5-6H2,1H3,(H,11,12)(H,13,14). The van der Waals surface area contributed by atoms with E-state index < -0.39 is 5.97 Å². The van der Waals surface area contributed by atoms with Crippen LogP contribution in [0.15, 0.2) is 21.6 Å². The van der Waals surface area contributed by atoms with Crippen LogP contribution in [0.5, 0.6) is 0 Å². The summed E-state index contributed by atoms with van der Waals surface area (Å²) in [6.07, 6.45) is 0.889. The van der Waals surface area contributed by atoms with Gasteiger partial charge >= 0.3 is 5.97 Å². The SMILES string of the molecule is CCCNC(=O)CSc1ccc(C(=O)O)o1. The number of hydrogen-bond donors (Lipinski definition) is 2. The Morgan fingerprint density at radius 2 is 2.25 bits per heavy atom. The van der Waals surface area contributed by atoms with Gasteiger partial charge in [0.25, 0.3) is 0 Å². The van der Waals surface area contributed by atoms with Gasteiger partial charge in [-0.15, -0.1) is 0 Å². The summed E-state index contributed by atoms with van der Waals surface area (Å²) in [7, 11) is 0. The quantitative estimate of drug-likeness (QED) is 0.742. The zero-order valence-corrected chi connectivity index (χ0v) is 9.67. The molecule has 1 amide bonds. The van der Waals surface area contributed by atoms with E-state index in [2.05, 4.69) is 5.32 Å². The highest BCUT2D eigenvalue weighted by Gasteiger charge is 2.10. The fourth-order valence-corrected chi connectivity index (χ4v) is 1.65. The van der Waals surface area contributed by atoms with Crippen molar-refractivity contribution in [1.82, 2.24) is 5.32 Å². The molecule has 6 heteroatoms. The van der Waals surface area contributed by atoms with Crippen LogP contribution in [0.1, 0.15) is 23.9 Å². The largest absolute Gasteiger partial charge is 0.475 e. The van der Waals surface area contributed by atoms with Gasteiger partial charge in [0.15, 0.2) is 5.09 Å². The molecule has 0 atom stereocenters. The molecule has 1 aromatic rings. The molecule has 0 aliphatic heterocycles. The third kappa shape index (κ3) is 3.98. The first-order valence-corrected chi connectivity index (χ1v) is 5.84. The lowest BCUT2D eigenvalue weighted by atomic mass is 10.5. The van der Waals surface area contributed by atoms with Gasteiger partial charge in [0.2, 0.25) is 11.7 Å². The van der Waals surface area contributed by atoms with Crippen molar-refractivity contribution in [3.05, 3.63) is 17.9 Å². The molecule has 0 aliphatic carbocycles. The van der Waals surface area contributed by atoms with Crippen molar-refractivity contribution >= 4 is 23.6 Å². The minimum absolute atomic E-state index is 0.0832. The Hall–Kier alpha value is -1.43. The maximum atomic E-state index is 11.2. The lowest BCUT2D eigenvalue weighted by Gasteiger charge is -2.00. The van der Waals surface area contributed by atoms with Crippen LogP contribution in [0.4, 0.5) is 0 Å². The molecular weight excluding hydrogens is 230 g/mol. The Kier molecular flexibility index (Phi) is 4.91. The van der Waals surface area contributed by atoms with Crippen LogP contribution >= 0.6 is 11.8 Å². The molecule has 5 nitrogen and oxygen atoms in total. The van der Waals surface area contributed by atoms with Crippen molar-refractivity contribution in [3.8, 4) is 0 Å². The third-order valence-corrected chi connectivity index (χ3v) is 2.62. The molecule has 1 heterocycles. The Labute approximate surface area is 97.2 Å². The average Bonchev–Trinajstić information content (AvgIpc) is 2.72. The summed E-state index contributed by atoms with van der Waals surface area (Å²) in [5.41, 5.74) is 0. The monoisotopic (exact) mass is 243 g/mol. The first-order chi connectivity index (χ1) is 7.63. The van der Waals surface area contributed by atoms with Crippen molar-refractivity contribution in [2.24, 2.45) is 0 Å². The average molecular weight is 243 g/mol. The van der Waals surface area contributed by atoms with Gasteiger partial charge in [-0.05, 0) is 18.6 Å². The zero-order chi connectivity index (χ0) is 12.0. The van der Waals surface area contributed by atoms with Gasteiger partial charge in [-0.3, -0.25) is 4.79 Å². The maximum absolute atomic E-state index is 11.2. The second-order valence-electron chi connectivity index (χ2n) is 3.06. The third-order valence-electron chi connectivity index (χ3n) is 1.71. The minimum atomic E-state index is -1.11. The fraction of sp³-hybridized carbons (Fsp3) is 0.400. The maximum Gasteiger partial charge on any atom is 0.371 e.